The van der Waals surface area contributed by atoms with Crippen molar-refractivity contribution in [3.05, 3.63) is 121 Å². The Hall–Kier alpha value is -6.00. The molecule has 0 amide bonds. The average Bonchev–Trinajstić information content (AvgIpc) is 3.16. The molecule has 0 aliphatic heterocycles. The largest absolute Gasteiger partial charge is 0.497 e. The lowest BCUT2D eigenvalue weighted by molar-refractivity contribution is 0.415. The average molecular weight is 625 g/mol. The van der Waals surface area contributed by atoms with Crippen molar-refractivity contribution in [2.24, 2.45) is 0 Å². The van der Waals surface area contributed by atoms with Crippen LogP contribution in [0, 0.1) is 0 Å². The quantitative estimate of drug-likeness (QED) is 0.136. The number of hydrogen-bond donors (Lipinski definition) is 0. The summed E-state index contributed by atoms with van der Waals surface area (Å²) in [5.74, 6) is 3.32. The molecule has 0 aliphatic carbocycles. The molecule has 0 saturated carbocycles. The van der Waals surface area contributed by atoms with E-state index in [-0.39, 0.29) is 0 Å². The van der Waals surface area contributed by atoms with Gasteiger partial charge in [-0.25, -0.2) is 0 Å². The van der Waals surface area contributed by atoms with Crippen LogP contribution in [0.3, 0.4) is 0 Å². The van der Waals surface area contributed by atoms with Gasteiger partial charge in [0.15, 0.2) is 0 Å². The molecule has 9 aromatic rings. The Morgan fingerprint density at radius 2 is 0.625 bits per heavy atom. The van der Waals surface area contributed by atoms with Gasteiger partial charge in [0.25, 0.3) is 0 Å². The van der Waals surface area contributed by atoms with Crippen LogP contribution in [0.25, 0.3) is 86.9 Å². The van der Waals surface area contributed by atoms with E-state index in [1.165, 1.54) is 65.0 Å². The number of benzene rings is 9. The molecule has 232 valence electrons. The predicted molar refractivity (Wildman–Crippen MR) is 200 cm³/mol. The molecule has 0 radical (unpaired) electrons. The maximum atomic E-state index is 5.78. The van der Waals surface area contributed by atoms with Crippen LogP contribution in [0.5, 0.6) is 23.0 Å². The summed E-state index contributed by atoms with van der Waals surface area (Å²) in [6.45, 7) is 0. The third kappa shape index (κ3) is 3.96. The Morgan fingerprint density at radius 3 is 0.979 bits per heavy atom. The molecule has 4 heteroatoms. The molecule has 0 spiro atoms. The second kappa shape index (κ2) is 10.8. The van der Waals surface area contributed by atoms with E-state index in [2.05, 4.69) is 121 Å². The molecule has 48 heavy (non-hydrogen) atoms. The molecule has 0 atom stereocenters. The molecule has 0 aromatic heterocycles. The normalized spacial score (nSPS) is 11.8. The van der Waals surface area contributed by atoms with Gasteiger partial charge in [-0.2, -0.15) is 0 Å². The van der Waals surface area contributed by atoms with Crippen LogP contribution in [-0.4, -0.2) is 28.4 Å². The van der Waals surface area contributed by atoms with Crippen molar-refractivity contribution < 1.29 is 18.9 Å². The van der Waals surface area contributed by atoms with E-state index in [1.54, 1.807) is 28.4 Å². The standard InChI is InChI=1S/C44H32O4/c1-45-27-15-11-25(12-16-27)39-35-21-19-29(47-3)23-37(35)33-9-5-7-31-32-8-6-10-34-38-24-30(48-4)20-22-36(38)40(26-13-17-28(46-2)18-14-26)44(42(32)34)43(39)41(31)33/h5-24H,1-4H3. The SMILES string of the molecule is COc1ccc(-c2c3ccc(OC)cc3c3cccc4c5cccc6c7cc(OC)ccc7c(-c7ccc(OC)cc7)c(c2c34)c65)cc1. The Balaban J connectivity index is 1.63. The summed E-state index contributed by atoms with van der Waals surface area (Å²) in [5.41, 5.74) is 4.63. The zero-order valence-corrected chi connectivity index (χ0v) is 27.2. The second-order valence-electron chi connectivity index (χ2n) is 12.2. The first-order valence-electron chi connectivity index (χ1n) is 16.1. The van der Waals surface area contributed by atoms with E-state index < -0.39 is 0 Å². The minimum Gasteiger partial charge on any atom is -0.497 e. The van der Waals surface area contributed by atoms with Gasteiger partial charge in [-0.1, -0.05) is 72.8 Å². The third-order valence-corrected chi connectivity index (χ3v) is 10.00. The number of ether oxygens (including phenoxy) is 4. The number of methoxy groups -OCH3 is 4. The molecule has 0 aliphatic rings. The first kappa shape index (κ1) is 28.2. The summed E-state index contributed by atoms with van der Waals surface area (Å²) in [4.78, 5) is 0. The van der Waals surface area contributed by atoms with Gasteiger partial charge >= 0.3 is 0 Å². The molecular formula is C44H32O4. The van der Waals surface area contributed by atoms with E-state index in [0.29, 0.717) is 0 Å². The van der Waals surface area contributed by atoms with Crippen molar-refractivity contribution >= 4 is 64.6 Å². The maximum Gasteiger partial charge on any atom is 0.119 e. The predicted octanol–water partition coefficient (Wildman–Crippen LogP) is 11.4. The highest BCUT2D eigenvalue weighted by Gasteiger charge is 2.25. The first-order valence-corrected chi connectivity index (χ1v) is 16.1. The highest BCUT2D eigenvalue weighted by atomic mass is 16.5. The van der Waals surface area contributed by atoms with Crippen LogP contribution in [0.4, 0.5) is 0 Å². The molecule has 0 unspecified atom stereocenters. The van der Waals surface area contributed by atoms with Gasteiger partial charge in [0.2, 0.25) is 0 Å². The highest BCUT2D eigenvalue weighted by molar-refractivity contribution is 6.44. The first-order chi connectivity index (χ1) is 23.6. The summed E-state index contributed by atoms with van der Waals surface area (Å²) in [5, 5.41) is 14.5. The second-order valence-corrected chi connectivity index (χ2v) is 12.2. The number of hydrogen-bond acceptors (Lipinski definition) is 4. The van der Waals surface area contributed by atoms with E-state index in [9.17, 15) is 0 Å². The maximum absolute atomic E-state index is 5.78. The van der Waals surface area contributed by atoms with Gasteiger partial charge in [0.05, 0.1) is 28.4 Å². The van der Waals surface area contributed by atoms with Crippen molar-refractivity contribution in [1.29, 1.82) is 0 Å². The van der Waals surface area contributed by atoms with E-state index in [4.69, 9.17) is 18.9 Å². The van der Waals surface area contributed by atoms with Gasteiger partial charge in [-0.05, 0) is 135 Å². The lowest BCUT2D eigenvalue weighted by Crippen LogP contribution is -1.96. The van der Waals surface area contributed by atoms with Crippen LogP contribution in [0.2, 0.25) is 0 Å². The smallest absolute Gasteiger partial charge is 0.119 e. The molecule has 0 fully saturated rings. The van der Waals surface area contributed by atoms with E-state index in [0.717, 1.165) is 44.9 Å². The minimum atomic E-state index is 0.825. The van der Waals surface area contributed by atoms with Crippen molar-refractivity contribution in [3.8, 4) is 45.3 Å². The van der Waals surface area contributed by atoms with Gasteiger partial charge in [0.1, 0.15) is 23.0 Å². The van der Waals surface area contributed by atoms with Crippen LogP contribution in [-0.2, 0) is 0 Å². The molecular weight excluding hydrogens is 592 g/mol. The lowest BCUT2D eigenvalue weighted by Gasteiger charge is -2.24. The van der Waals surface area contributed by atoms with E-state index >= 15 is 0 Å². The fourth-order valence-corrected chi connectivity index (χ4v) is 7.86. The number of fused-ring (bicyclic) bond motifs is 6. The molecule has 0 heterocycles. The molecule has 9 rings (SSSR count). The van der Waals surface area contributed by atoms with E-state index in [1.807, 2.05) is 0 Å². The Kier molecular flexibility index (Phi) is 6.34. The third-order valence-electron chi connectivity index (χ3n) is 10.00. The van der Waals surface area contributed by atoms with Crippen LogP contribution >= 0.6 is 0 Å². The molecule has 9 aromatic carbocycles. The summed E-state index contributed by atoms with van der Waals surface area (Å²) in [7, 11) is 6.88. The van der Waals surface area contributed by atoms with Gasteiger partial charge in [-0.3, -0.25) is 0 Å². The highest BCUT2D eigenvalue weighted by Crippen LogP contribution is 2.53. The van der Waals surface area contributed by atoms with Crippen LogP contribution < -0.4 is 18.9 Å². The summed E-state index contributed by atoms with van der Waals surface area (Å²) < 4.78 is 22.8. The fourth-order valence-electron chi connectivity index (χ4n) is 7.86. The monoisotopic (exact) mass is 624 g/mol. The summed E-state index contributed by atoms with van der Waals surface area (Å²) in [6, 6.07) is 43.3. The van der Waals surface area contributed by atoms with Crippen molar-refractivity contribution in [3.63, 3.8) is 0 Å². The molecule has 4 nitrogen and oxygen atoms in total. The minimum absolute atomic E-state index is 0.825. The van der Waals surface area contributed by atoms with Crippen molar-refractivity contribution in [1.82, 2.24) is 0 Å². The topological polar surface area (TPSA) is 36.9 Å². The molecule has 0 N–H and O–H groups in total. The van der Waals surface area contributed by atoms with Gasteiger partial charge < -0.3 is 18.9 Å². The van der Waals surface area contributed by atoms with Gasteiger partial charge in [-0.15, -0.1) is 0 Å². The Labute approximate surface area is 278 Å². The Bertz CT molecular complexity index is 2500. The van der Waals surface area contributed by atoms with Crippen LogP contribution in [0.15, 0.2) is 121 Å². The van der Waals surface area contributed by atoms with Gasteiger partial charge in [0, 0.05) is 0 Å². The number of rotatable bonds is 6. The summed E-state index contributed by atoms with van der Waals surface area (Å²) in [6.07, 6.45) is 0. The Morgan fingerprint density at radius 1 is 0.292 bits per heavy atom. The lowest BCUT2D eigenvalue weighted by atomic mass is 9.79. The fraction of sp³-hybridized carbons (Fsp3) is 0.0909. The van der Waals surface area contributed by atoms with Crippen LogP contribution in [0.1, 0.15) is 0 Å². The summed E-state index contributed by atoms with van der Waals surface area (Å²) >= 11 is 0. The van der Waals surface area contributed by atoms with Crippen molar-refractivity contribution in [2.75, 3.05) is 28.4 Å². The zero-order valence-electron chi connectivity index (χ0n) is 27.2. The van der Waals surface area contributed by atoms with Crippen molar-refractivity contribution in [2.45, 2.75) is 0 Å². The molecule has 0 saturated heterocycles. The zero-order chi connectivity index (χ0) is 32.5. The molecule has 0 bridgehead atoms.